The topological polar surface area (TPSA) is 68.0 Å². The molecule has 0 aliphatic carbocycles. The van der Waals surface area contributed by atoms with Gasteiger partial charge in [0.1, 0.15) is 22.7 Å². The van der Waals surface area contributed by atoms with Crippen LogP contribution in [0.4, 0.5) is 8.78 Å². The van der Waals surface area contributed by atoms with Gasteiger partial charge in [-0.3, -0.25) is 4.79 Å². The molecular weight excluding hydrogens is 324 g/mol. The number of unbranched alkanes of at least 4 members (excludes halogenated alkanes) is 1. The molecule has 0 aliphatic heterocycles. The number of hydrogen-bond acceptors (Lipinski definition) is 4. The van der Waals surface area contributed by atoms with Crippen LogP contribution in [-0.4, -0.2) is 31.1 Å². The third-order valence-corrected chi connectivity index (χ3v) is 4.07. The first-order chi connectivity index (χ1) is 10.9. The molecular formula is C15H17F2N3O2S. The van der Waals surface area contributed by atoms with Crippen LogP contribution in [0.2, 0.25) is 0 Å². The summed E-state index contributed by atoms with van der Waals surface area (Å²) in [6.07, 6.45) is 2.36. The zero-order valence-corrected chi connectivity index (χ0v) is 13.6. The molecule has 8 heteroatoms. The number of aryl methyl sites for hydroxylation is 1. The van der Waals surface area contributed by atoms with Crippen molar-refractivity contribution >= 4 is 17.7 Å². The number of rotatable bonds is 7. The Morgan fingerprint density at radius 3 is 2.57 bits per heavy atom. The predicted octanol–water partition coefficient (Wildman–Crippen LogP) is 3.45. The van der Waals surface area contributed by atoms with Gasteiger partial charge >= 0.3 is 5.97 Å². The van der Waals surface area contributed by atoms with Crippen molar-refractivity contribution in [1.82, 2.24) is 14.8 Å². The van der Waals surface area contributed by atoms with E-state index in [1.54, 1.807) is 0 Å². The van der Waals surface area contributed by atoms with E-state index in [1.807, 2.05) is 6.92 Å². The summed E-state index contributed by atoms with van der Waals surface area (Å²) in [5, 5.41) is 12.7. The minimum Gasteiger partial charge on any atom is -0.480 e. The third-order valence-electron chi connectivity index (χ3n) is 3.13. The summed E-state index contributed by atoms with van der Waals surface area (Å²) in [5.41, 5.74) is 0.232. The zero-order chi connectivity index (χ0) is 17.0. The molecule has 0 saturated heterocycles. The molecule has 0 spiro atoms. The van der Waals surface area contributed by atoms with E-state index < -0.39 is 22.9 Å². The Kier molecular flexibility index (Phi) is 5.70. The second-order valence-corrected chi connectivity index (χ2v) is 6.36. The molecule has 0 radical (unpaired) electrons. The smallest absolute Gasteiger partial charge is 0.316 e. The van der Waals surface area contributed by atoms with Gasteiger partial charge in [0.15, 0.2) is 0 Å². The molecule has 1 N–H and O–H groups in total. The summed E-state index contributed by atoms with van der Waals surface area (Å²) in [6, 6.07) is 3.12. The highest BCUT2D eigenvalue weighted by Crippen LogP contribution is 2.23. The maximum absolute atomic E-state index is 13.4. The first kappa shape index (κ1) is 17.4. The first-order valence-electron chi connectivity index (χ1n) is 7.22. The SMILES string of the molecule is CCCCc1nc(SC(C)C(=O)O)nn1-c1cc(F)cc(F)c1. The van der Waals surface area contributed by atoms with Crippen LogP contribution in [0, 0.1) is 11.6 Å². The van der Waals surface area contributed by atoms with Crippen molar-refractivity contribution in [2.75, 3.05) is 0 Å². The fourth-order valence-electron chi connectivity index (χ4n) is 1.95. The normalized spacial score (nSPS) is 12.3. The fraction of sp³-hybridized carbons (Fsp3) is 0.400. The lowest BCUT2D eigenvalue weighted by atomic mass is 10.2. The number of carbonyl (C=O) groups is 1. The van der Waals surface area contributed by atoms with E-state index >= 15 is 0 Å². The largest absolute Gasteiger partial charge is 0.480 e. The molecule has 0 aliphatic rings. The van der Waals surface area contributed by atoms with Gasteiger partial charge in [-0.15, -0.1) is 5.10 Å². The second-order valence-electron chi connectivity index (χ2n) is 5.05. The Labute approximate surface area is 136 Å². The maximum Gasteiger partial charge on any atom is 0.316 e. The molecule has 0 saturated carbocycles. The Bertz CT molecular complexity index is 686. The average molecular weight is 341 g/mol. The monoisotopic (exact) mass is 341 g/mol. The first-order valence-corrected chi connectivity index (χ1v) is 8.10. The van der Waals surface area contributed by atoms with E-state index in [2.05, 4.69) is 10.1 Å². The van der Waals surface area contributed by atoms with Gasteiger partial charge in [0, 0.05) is 12.5 Å². The summed E-state index contributed by atoms with van der Waals surface area (Å²) >= 11 is 0.993. The number of nitrogens with zero attached hydrogens (tertiary/aromatic N) is 3. The van der Waals surface area contributed by atoms with Gasteiger partial charge in [-0.05, 0) is 25.5 Å². The lowest BCUT2D eigenvalue weighted by Crippen LogP contribution is -2.11. The molecule has 23 heavy (non-hydrogen) atoms. The van der Waals surface area contributed by atoms with Gasteiger partial charge in [0.2, 0.25) is 5.16 Å². The molecule has 1 aromatic carbocycles. The van der Waals surface area contributed by atoms with Crippen molar-refractivity contribution in [2.45, 2.75) is 43.5 Å². The van der Waals surface area contributed by atoms with E-state index in [0.29, 0.717) is 12.2 Å². The summed E-state index contributed by atoms with van der Waals surface area (Å²) < 4.78 is 28.2. The number of halogens is 2. The molecule has 0 amide bonds. The van der Waals surface area contributed by atoms with Gasteiger partial charge in [0.25, 0.3) is 0 Å². The van der Waals surface area contributed by atoms with Gasteiger partial charge < -0.3 is 5.11 Å². The van der Waals surface area contributed by atoms with Crippen molar-refractivity contribution in [3.05, 3.63) is 35.7 Å². The summed E-state index contributed by atoms with van der Waals surface area (Å²) in [4.78, 5) is 15.3. The Balaban J connectivity index is 2.39. The van der Waals surface area contributed by atoms with Crippen molar-refractivity contribution in [2.24, 2.45) is 0 Å². The van der Waals surface area contributed by atoms with Crippen molar-refractivity contribution in [3.63, 3.8) is 0 Å². The molecule has 1 unspecified atom stereocenters. The molecule has 2 aromatic rings. The van der Waals surface area contributed by atoms with Crippen molar-refractivity contribution in [3.8, 4) is 5.69 Å². The lowest BCUT2D eigenvalue weighted by Gasteiger charge is -2.05. The molecule has 2 rings (SSSR count). The van der Waals surface area contributed by atoms with Gasteiger partial charge in [-0.1, -0.05) is 25.1 Å². The number of hydrogen-bond donors (Lipinski definition) is 1. The fourth-order valence-corrected chi connectivity index (χ4v) is 2.65. The summed E-state index contributed by atoms with van der Waals surface area (Å²) in [6.45, 7) is 3.55. The molecule has 5 nitrogen and oxygen atoms in total. The second kappa shape index (κ2) is 7.54. The number of aromatic nitrogens is 3. The maximum atomic E-state index is 13.4. The van der Waals surface area contributed by atoms with Gasteiger partial charge in [0.05, 0.1) is 5.69 Å². The average Bonchev–Trinajstić information content (AvgIpc) is 2.86. The zero-order valence-electron chi connectivity index (χ0n) is 12.8. The van der Waals surface area contributed by atoms with Crippen LogP contribution in [0.3, 0.4) is 0 Å². The molecule has 1 atom stereocenters. The third kappa shape index (κ3) is 4.51. The van der Waals surface area contributed by atoms with Crippen LogP contribution in [0.1, 0.15) is 32.5 Å². The van der Waals surface area contributed by atoms with Crippen LogP contribution in [0.5, 0.6) is 0 Å². The van der Waals surface area contributed by atoms with Crippen LogP contribution in [0.15, 0.2) is 23.4 Å². The number of carboxylic acids is 1. The standard InChI is InChI=1S/C15H17F2N3O2S/c1-3-4-5-13-18-15(23-9(2)14(21)22)19-20(13)12-7-10(16)6-11(17)8-12/h6-9H,3-5H2,1-2H3,(H,21,22). The minimum atomic E-state index is -0.974. The Morgan fingerprint density at radius 1 is 1.35 bits per heavy atom. The number of carboxylic acid groups (broad SMARTS) is 1. The molecule has 1 aromatic heterocycles. The van der Waals surface area contributed by atoms with E-state index in [4.69, 9.17) is 5.11 Å². The number of thioether (sulfide) groups is 1. The van der Waals surface area contributed by atoms with E-state index in [0.717, 1.165) is 30.7 Å². The number of benzene rings is 1. The number of aliphatic carboxylic acids is 1. The highest BCUT2D eigenvalue weighted by molar-refractivity contribution is 8.00. The minimum absolute atomic E-state index is 0.232. The lowest BCUT2D eigenvalue weighted by molar-refractivity contribution is -0.136. The predicted molar refractivity (Wildman–Crippen MR) is 82.8 cm³/mol. The van der Waals surface area contributed by atoms with Gasteiger partial charge in [-0.2, -0.15) is 0 Å². The van der Waals surface area contributed by atoms with Gasteiger partial charge in [-0.25, -0.2) is 18.4 Å². The summed E-state index contributed by atoms with van der Waals surface area (Å²) in [5.74, 6) is -1.83. The van der Waals surface area contributed by atoms with E-state index in [9.17, 15) is 13.6 Å². The van der Waals surface area contributed by atoms with Crippen LogP contribution >= 0.6 is 11.8 Å². The van der Waals surface area contributed by atoms with Crippen LogP contribution in [0.25, 0.3) is 5.69 Å². The quantitative estimate of drug-likeness (QED) is 0.781. The van der Waals surface area contributed by atoms with Crippen molar-refractivity contribution in [1.29, 1.82) is 0 Å². The highest BCUT2D eigenvalue weighted by Gasteiger charge is 2.19. The molecule has 0 bridgehead atoms. The Hall–Kier alpha value is -1.96. The van der Waals surface area contributed by atoms with Crippen molar-refractivity contribution < 1.29 is 18.7 Å². The van der Waals surface area contributed by atoms with Crippen LogP contribution < -0.4 is 0 Å². The van der Waals surface area contributed by atoms with E-state index in [1.165, 1.54) is 23.7 Å². The molecule has 1 heterocycles. The molecule has 0 fully saturated rings. The van der Waals surface area contributed by atoms with Crippen LogP contribution in [-0.2, 0) is 11.2 Å². The molecule has 124 valence electrons. The Morgan fingerprint density at radius 2 is 2.00 bits per heavy atom. The summed E-state index contributed by atoms with van der Waals surface area (Å²) in [7, 11) is 0. The van der Waals surface area contributed by atoms with E-state index in [-0.39, 0.29) is 10.8 Å². The highest BCUT2D eigenvalue weighted by atomic mass is 32.2.